The number of hydrogen-bond donors (Lipinski definition) is 1. The maximum Gasteiger partial charge on any atom is 0.223 e. The fourth-order valence-electron chi connectivity index (χ4n) is 1.92. The first-order chi connectivity index (χ1) is 8.19. The number of nitrogen functional groups attached to an aromatic ring is 1. The van der Waals surface area contributed by atoms with Crippen molar-refractivity contribution in [3.8, 4) is 0 Å². The van der Waals surface area contributed by atoms with Crippen molar-refractivity contribution in [3.63, 3.8) is 0 Å². The Morgan fingerprint density at radius 1 is 1.35 bits per heavy atom. The van der Waals surface area contributed by atoms with Crippen molar-refractivity contribution in [3.05, 3.63) is 29.8 Å². The first-order valence-electron chi connectivity index (χ1n) is 6.31. The molecule has 0 bridgehead atoms. The molecule has 92 valence electrons. The summed E-state index contributed by atoms with van der Waals surface area (Å²) in [5.74, 6) is 0.940. The Balaban J connectivity index is 1.93. The molecule has 0 saturated heterocycles. The average Bonchev–Trinajstić information content (AvgIpc) is 3.12. The molecule has 17 heavy (non-hydrogen) atoms. The highest BCUT2D eigenvalue weighted by molar-refractivity contribution is 5.76. The van der Waals surface area contributed by atoms with Crippen LogP contribution in [0, 0.1) is 5.92 Å². The molecule has 0 heterocycles. The molecule has 2 N–H and O–H groups in total. The second-order valence-corrected chi connectivity index (χ2v) is 4.80. The van der Waals surface area contributed by atoms with Gasteiger partial charge in [0.2, 0.25) is 5.91 Å². The SMILES string of the molecule is CCN(Cc1ccc(N)cc1)C(=O)CC1CC1. The molecule has 0 aromatic heterocycles. The maximum absolute atomic E-state index is 12.0. The third-order valence-electron chi connectivity index (χ3n) is 3.25. The van der Waals surface area contributed by atoms with Gasteiger partial charge >= 0.3 is 0 Å². The summed E-state index contributed by atoms with van der Waals surface area (Å²) in [4.78, 5) is 13.9. The molecule has 1 aromatic carbocycles. The molecule has 0 aliphatic heterocycles. The molecule has 0 spiro atoms. The minimum Gasteiger partial charge on any atom is -0.399 e. The van der Waals surface area contributed by atoms with E-state index in [4.69, 9.17) is 5.73 Å². The lowest BCUT2D eigenvalue weighted by Crippen LogP contribution is -2.30. The number of carbonyl (C=O) groups is 1. The molecule has 1 fully saturated rings. The minimum absolute atomic E-state index is 0.284. The summed E-state index contributed by atoms with van der Waals surface area (Å²) >= 11 is 0. The van der Waals surface area contributed by atoms with E-state index in [1.807, 2.05) is 36.1 Å². The second kappa shape index (κ2) is 5.21. The van der Waals surface area contributed by atoms with E-state index < -0.39 is 0 Å². The smallest absolute Gasteiger partial charge is 0.223 e. The number of nitrogens with zero attached hydrogens (tertiary/aromatic N) is 1. The third kappa shape index (κ3) is 3.48. The van der Waals surface area contributed by atoms with Crippen LogP contribution < -0.4 is 5.73 Å². The van der Waals surface area contributed by atoms with E-state index >= 15 is 0 Å². The number of amides is 1. The molecular formula is C14H20N2O. The number of benzene rings is 1. The van der Waals surface area contributed by atoms with E-state index in [0.29, 0.717) is 12.5 Å². The Hall–Kier alpha value is -1.51. The monoisotopic (exact) mass is 232 g/mol. The summed E-state index contributed by atoms with van der Waals surface area (Å²) < 4.78 is 0. The molecule has 1 amide bonds. The van der Waals surface area contributed by atoms with Crippen LogP contribution in [-0.4, -0.2) is 17.4 Å². The molecule has 2 rings (SSSR count). The molecule has 3 nitrogen and oxygen atoms in total. The first kappa shape index (κ1) is 12.0. The third-order valence-corrected chi connectivity index (χ3v) is 3.25. The summed E-state index contributed by atoms with van der Waals surface area (Å²) in [5, 5.41) is 0. The van der Waals surface area contributed by atoms with Crippen LogP contribution in [0.15, 0.2) is 24.3 Å². The van der Waals surface area contributed by atoms with E-state index in [2.05, 4.69) is 0 Å². The van der Waals surface area contributed by atoms with E-state index in [1.165, 1.54) is 12.8 Å². The van der Waals surface area contributed by atoms with Gasteiger partial charge < -0.3 is 10.6 Å². The van der Waals surface area contributed by atoms with Gasteiger partial charge in [-0.1, -0.05) is 12.1 Å². The largest absolute Gasteiger partial charge is 0.399 e. The molecule has 1 aliphatic carbocycles. The normalized spacial score (nSPS) is 14.6. The van der Waals surface area contributed by atoms with Gasteiger partial charge in [-0.3, -0.25) is 4.79 Å². The topological polar surface area (TPSA) is 46.3 Å². The Morgan fingerprint density at radius 2 is 2.00 bits per heavy atom. The van der Waals surface area contributed by atoms with Crippen LogP contribution in [0.5, 0.6) is 0 Å². The van der Waals surface area contributed by atoms with Crippen LogP contribution in [0.25, 0.3) is 0 Å². The fraction of sp³-hybridized carbons (Fsp3) is 0.500. The van der Waals surface area contributed by atoms with Crippen LogP contribution in [0.3, 0.4) is 0 Å². The molecule has 1 saturated carbocycles. The summed E-state index contributed by atoms with van der Waals surface area (Å²) in [6, 6.07) is 7.74. The Kier molecular flexibility index (Phi) is 3.67. The van der Waals surface area contributed by atoms with E-state index in [0.717, 1.165) is 24.2 Å². The Labute approximate surface area is 103 Å². The van der Waals surface area contributed by atoms with E-state index in [-0.39, 0.29) is 5.91 Å². The molecule has 0 radical (unpaired) electrons. The molecule has 0 unspecified atom stereocenters. The van der Waals surface area contributed by atoms with Crippen LogP contribution >= 0.6 is 0 Å². The fourth-order valence-corrected chi connectivity index (χ4v) is 1.92. The van der Waals surface area contributed by atoms with Gasteiger partial charge in [-0.2, -0.15) is 0 Å². The predicted molar refractivity (Wildman–Crippen MR) is 69.3 cm³/mol. The van der Waals surface area contributed by atoms with Gasteiger partial charge in [0, 0.05) is 25.2 Å². The zero-order valence-electron chi connectivity index (χ0n) is 10.4. The lowest BCUT2D eigenvalue weighted by Gasteiger charge is -2.21. The summed E-state index contributed by atoms with van der Waals surface area (Å²) in [6.45, 7) is 3.50. The first-order valence-corrected chi connectivity index (χ1v) is 6.31. The molecule has 1 aliphatic rings. The molecule has 1 aromatic rings. The van der Waals surface area contributed by atoms with Gasteiger partial charge in [-0.15, -0.1) is 0 Å². The highest BCUT2D eigenvalue weighted by Gasteiger charge is 2.26. The van der Waals surface area contributed by atoms with Crippen molar-refractivity contribution in [2.24, 2.45) is 5.92 Å². The zero-order chi connectivity index (χ0) is 12.3. The average molecular weight is 232 g/mol. The van der Waals surface area contributed by atoms with Crippen LogP contribution in [0.2, 0.25) is 0 Å². The van der Waals surface area contributed by atoms with Gasteiger partial charge in [0.15, 0.2) is 0 Å². The van der Waals surface area contributed by atoms with Gasteiger partial charge in [-0.25, -0.2) is 0 Å². The van der Waals surface area contributed by atoms with Crippen molar-refractivity contribution in [2.45, 2.75) is 32.7 Å². The quantitative estimate of drug-likeness (QED) is 0.792. The number of anilines is 1. The van der Waals surface area contributed by atoms with Gasteiger partial charge in [0.25, 0.3) is 0 Å². The van der Waals surface area contributed by atoms with Crippen molar-refractivity contribution in [1.29, 1.82) is 0 Å². The zero-order valence-corrected chi connectivity index (χ0v) is 10.4. The number of hydrogen-bond acceptors (Lipinski definition) is 2. The van der Waals surface area contributed by atoms with Crippen LogP contribution in [0.1, 0.15) is 31.7 Å². The standard InChI is InChI=1S/C14H20N2O/c1-2-16(14(17)9-11-3-4-11)10-12-5-7-13(15)8-6-12/h5-8,11H,2-4,9-10,15H2,1H3. The van der Waals surface area contributed by atoms with Crippen molar-refractivity contribution < 1.29 is 4.79 Å². The number of rotatable bonds is 5. The summed E-state index contributed by atoms with van der Waals surface area (Å²) in [7, 11) is 0. The van der Waals surface area contributed by atoms with E-state index in [1.54, 1.807) is 0 Å². The number of carbonyl (C=O) groups excluding carboxylic acids is 1. The highest BCUT2D eigenvalue weighted by Crippen LogP contribution is 2.33. The molecule has 3 heteroatoms. The lowest BCUT2D eigenvalue weighted by molar-refractivity contribution is -0.132. The molecule has 0 atom stereocenters. The van der Waals surface area contributed by atoms with Gasteiger partial charge in [0.05, 0.1) is 0 Å². The summed E-state index contributed by atoms with van der Waals surface area (Å²) in [5.41, 5.74) is 7.55. The van der Waals surface area contributed by atoms with Crippen LogP contribution in [-0.2, 0) is 11.3 Å². The van der Waals surface area contributed by atoms with E-state index in [9.17, 15) is 4.79 Å². The van der Waals surface area contributed by atoms with Gasteiger partial charge in [0.1, 0.15) is 0 Å². The minimum atomic E-state index is 0.284. The molecular weight excluding hydrogens is 212 g/mol. The van der Waals surface area contributed by atoms with Crippen molar-refractivity contribution in [2.75, 3.05) is 12.3 Å². The van der Waals surface area contributed by atoms with Gasteiger partial charge in [-0.05, 0) is 43.4 Å². The van der Waals surface area contributed by atoms with Crippen molar-refractivity contribution in [1.82, 2.24) is 4.90 Å². The number of nitrogens with two attached hydrogens (primary N) is 1. The van der Waals surface area contributed by atoms with Crippen LogP contribution in [0.4, 0.5) is 5.69 Å². The predicted octanol–water partition coefficient (Wildman–Crippen LogP) is 2.42. The lowest BCUT2D eigenvalue weighted by atomic mass is 10.2. The van der Waals surface area contributed by atoms with Crippen molar-refractivity contribution >= 4 is 11.6 Å². The highest BCUT2D eigenvalue weighted by atomic mass is 16.2. The Bertz CT molecular complexity index is 382. The maximum atomic E-state index is 12.0. The second-order valence-electron chi connectivity index (χ2n) is 4.80. The summed E-state index contributed by atoms with van der Waals surface area (Å²) in [6.07, 6.45) is 3.18. The Morgan fingerprint density at radius 3 is 2.53 bits per heavy atom.